The minimum Gasteiger partial charge on any atom is -0.477 e. The average molecular weight is 809 g/mol. The van der Waals surface area contributed by atoms with E-state index >= 15 is 8.78 Å². The van der Waals surface area contributed by atoms with Crippen LogP contribution in [-0.4, -0.2) is 83.3 Å². The summed E-state index contributed by atoms with van der Waals surface area (Å²) >= 11 is 0. The first-order valence-electron chi connectivity index (χ1n) is 20.4. The Labute approximate surface area is 341 Å². The zero-order valence-corrected chi connectivity index (χ0v) is 33.8. The van der Waals surface area contributed by atoms with Crippen molar-refractivity contribution < 1.29 is 27.9 Å². The first-order chi connectivity index (χ1) is 28.4. The highest BCUT2D eigenvalue weighted by Crippen LogP contribution is 2.37. The van der Waals surface area contributed by atoms with Crippen molar-refractivity contribution in [3.63, 3.8) is 0 Å². The normalized spacial score (nSPS) is 23.1. The van der Waals surface area contributed by atoms with E-state index in [1.54, 1.807) is 23.0 Å². The quantitative estimate of drug-likeness (QED) is 0.131. The van der Waals surface area contributed by atoms with Crippen molar-refractivity contribution in [2.75, 3.05) is 53.2 Å². The van der Waals surface area contributed by atoms with Crippen LogP contribution in [-0.2, 0) is 16.6 Å². The molecule has 0 aliphatic carbocycles. The van der Waals surface area contributed by atoms with Gasteiger partial charge in [0.25, 0.3) is 5.91 Å². The van der Waals surface area contributed by atoms with Crippen molar-refractivity contribution in [3.05, 3.63) is 77.1 Å². The van der Waals surface area contributed by atoms with Crippen LogP contribution in [0.4, 0.5) is 31.5 Å². The van der Waals surface area contributed by atoms with Crippen LogP contribution in [0.3, 0.4) is 0 Å². The van der Waals surface area contributed by atoms with Crippen molar-refractivity contribution in [2.24, 2.45) is 18.0 Å². The molecule has 2 fully saturated rings. The number of rotatable bonds is 7. The number of hydrogen-bond acceptors (Lipinski definition) is 11. The molecule has 14 nitrogen and oxygen atoms in total. The fourth-order valence-corrected chi connectivity index (χ4v) is 8.68. The fourth-order valence-electron chi connectivity index (χ4n) is 8.68. The number of pyridine rings is 1. The van der Waals surface area contributed by atoms with Crippen LogP contribution in [0, 0.1) is 24.5 Å². The molecule has 6 heterocycles. The standard InChI is InChI=1S/C43H50F2N10O4/c1-24-6-5-15-59-42-32(22-48-53(42)4)36-18-27(16-25(2)49-36)40(57)52-43-50-35-9-7-28(19-37(35)55(43)23-24)46-12-13-47-29-11-14-54(26(3)17-29)30-20-33(44)39(34(45)21-30)31-8-10-38(56)51-41(31)58/h7,9,16,18-22,24,26,29,31,46-47H,5-6,8,10-15,17,23H2,1-4H3,(H,50,52,57)(H,51,56,58)/t24-,26+,29+,31-/m1/s1. The van der Waals surface area contributed by atoms with E-state index in [9.17, 15) is 14.4 Å². The number of benzene rings is 2. The number of nitrogens with one attached hydrogen (secondary N) is 4. The number of carbonyl (C=O) groups is 3. The first-order valence-corrected chi connectivity index (χ1v) is 20.4. The summed E-state index contributed by atoms with van der Waals surface area (Å²) in [6.07, 6.45) is 5.15. The summed E-state index contributed by atoms with van der Waals surface area (Å²) < 4.78 is 38.5. The van der Waals surface area contributed by atoms with E-state index in [0.717, 1.165) is 48.3 Å². The highest BCUT2D eigenvalue weighted by atomic mass is 19.1. The van der Waals surface area contributed by atoms with E-state index < -0.39 is 29.4 Å². The maximum Gasteiger partial charge on any atom is 0.280 e. The third-order valence-corrected chi connectivity index (χ3v) is 11.7. The molecule has 2 bridgehead atoms. The predicted molar refractivity (Wildman–Crippen MR) is 222 cm³/mol. The van der Waals surface area contributed by atoms with Gasteiger partial charge in [0.1, 0.15) is 11.6 Å². The number of amides is 3. The van der Waals surface area contributed by atoms with Crippen LogP contribution in [0.1, 0.15) is 79.9 Å². The smallest absolute Gasteiger partial charge is 0.280 e. The maximum atomic E-state index is 15.3. The predicted octanol–water partition coefficient (Wildman–Crippen LogP) is 5.88. The largest absolute Gasteiger partial charge is 0.477 e. The summed E-state index contributed by atoms with van der Waals surface area (Å²) in [4.78, 5) is 51.0. The van der Waals surface area contributed by atoms with Crippen molar-refractivity contribution in [1.82, 2.24) is 25.4 Å². The Morgan fingerprint density at radius 3 is 2.58 bits per heavy atom. The van der Waals surface area contributed by atoms with Crippen molar-refractivity contribution in [3.8, 4) is 17.1 Å². The number of aromatic nitrogens is 3. The second-order valence-corrected chi connectivity index (χ2v) is 16.1. The molecule has 4 aliphatic heterocycles. The average Bonchev–Trinajstić information content (AvgIpc) is 3.73. The zero-order chi connectivity index (χ0) is 41.4. The number of aryl methyl sites for hydroxylation is 2. The molecule has 16 heteroatoms. The zero-order valence-electron chi connectivity index (χ0n) is 33.8. The molecule has 2 saturated heterocycles. The maximum absolute atomic E-state index is 15.3. The minimum atomic E-state index is -1.02. The molecular formula is C43H50F2N10O4. The Kier molecular flexibility index (Phi) is 11.3. The van der Waals surface area contributed by atoms with Crippen LogP contribution in [0.25, 0.3) is 11.3 Å². The van der Waals surface area contributed by atoms with E-state index in [1.165, 1.54) is 12.1 Å². The lowest BCUT2D eigenvalue weighted by Gasteiger charge is -2.40. The van der Waals surface area contributed by atoms with Crippen molar-refractivity contribution >= 4 is 46.4 Å². The third-order valence-electron chi connectivity index (χ3n) is 11.7. The molecule has 4 N–H and O–H groups in total. The number of fused-ring (bicyclic) bond motifs is 7. The molecule has 2 aromatic heterocycles. The molecule has 0 spiro atoms. The molecule has 3 amide bonds. The van der Waals surface area contributed by atoms with E-state index in [2.05, 4.69) is 54.2 Å². The van der Waals surface area contributed by atoms with E-state index in [1.807, 2.05) is 37.9 Å². The molecule has 4 atom stereocenters. The molecule has 4 aliphatic rings. The fraction of sp³-hybridized carbons (Fsp3) is 0.442. The minimum absolute atomic E-state index is 0.0211. The summed E-state index contributed by atoms with van der Waals surface area (Å²) in [5, 5.41) is 17.2. The van der Waals surface area contributed by atoms with E-state index in [0.29, 0.717) is 67.3 Å². The Morgan fingerprint density at radius 1 is 0.983 bits per heavy atom. The number of piperidine rings is 2. The van der Waals surface area contributed by atoms with E-state index in [-0.39, 0.29) is 42.3 Å². The van der Waals surface area contributed by atoms with Crippen LogP contribution in [0.15, 0.2) is 53.7 Å². The lowest BCUT2D eigenvalue weighted by molar-refractivity contribution is -0.134. The molecule has 0 saturated carbocycles. The van der Waals surface area contributed by atoms with Gasteiger partial charge in [-0.05, 0) is 94.3 Å². The van der Waals surface area contributed by atoms with Gasteiger partial charge in [0.05, 0.1) is 41.4 Å². The summed E-state index contributed by atoms with van der Waals surface area (Å²) in [5.41, 5.74) is 5.35. The van der Waals surface area contributed by atoms with Crippen LogP contribution in [0.5, 0.6) is 5.88 Å². The number of halogens is 2. The van der Waals surface area contributed by atoms with Gasteiger partial charge in [0.2, 0.25) is 23.7 Å². The van der Waals surface area contributed by atoms with Gasteiger partial charge in [-0.25, -0.2) is 13.5 Å². The number of carbonyl (C=O) groups excluding carboxylic acids is 3. The van der Waals surface area contributed by atoms with Crippen molar-refractivity contribution in [2.45, 2.75) is 77.3 Å². The Bertz CT molecular complexity index is 2290. The molecule has 310 valence electrons. The van der Waals surface area contributed by atoms with Gasteiger partial charge in [-0.3, -0.25) is 24.7 Å². The lowest BCUT2D eigenvalue weighted by Crippen LogP contribution is -2.48. The Balaban J connectivity index is 0.896. The van der Waals surface area contributed by atoms with Gasteiger partial charge in [0, 0.05) is 79.9 Å². The summed E-state index contributed by atoms with van der Waals surface area (Å²) in [7, 11) is 1.83. The molecule has 0 radical (unpaired) electrons. The molecule has 2 aromatic carbocycles. The molecule has 4 aromatic rings. The Hall–Kier alpha value is -5.90. The van der Waals surface area contributed by atoms with Crippen molar-refractivity contribution in [1.29, 1.82) is 0 Å². The number of imide groups is 1. The van der Waals surface area contributed by atoms with Gasteiger partial charge in [0.15, 0.2) is 0 Å². The molecular weight excluding hydrogens is 759 g/mol. The SMILES string of the molecule is Cc1cc2cc(n1)-c1cnn(C)c1OCCC[C@@H](C)CN1/C(=N/C2=O)Nc2ccc(NCCN[C@H]3CCN(c4cc(F)c([C@H]5CCC(=O)NC5=O)c(F)c4)[C@@H](C)C3)cc21. The van der Waals surface area contributed by atoms with Gasteiger partial charge < -0.3 is 30.5 Å². The van der Waals surface area contributed by atoms with Gasteiger partial charge >= 0.3 is 0 Å². The number of anilines is 4. The number of nitrogens with zero attached hydrogens (tertiary/aromatic N) is 6. The Morgan fingerprint density at radius 2 is 1.80 bits per heavy atom. The number of hydrogen-bond donors (Lipinski definition) is 4. The second kappa shape index (κ2) is 16.8. The van der Waals surface area contributed by atoms with Gasteiger partial charge in [-0.2, -0.15) is 10.1 Å². The lowest BCUT2D eigenvalue weighted by atomic mass is 9.89. The molecule has 8 rings (SSSR count). The number of guanidine groups is 1. The van der Waals surface area contributed by atoms with Crippen LogP contribution in [0.2, 0.25) is 0 Å². The third kappa shape index (κ3) is 8.49. The van der Waals surface area contributed by atoms with Gasteiger partial charge in [-0.15, -0.1) is 0 Å². The number of ether oxygens (including phenoxy) is 1. The molecule has 0 unspecified atom stereocenters. The van der Waals surface area contributed by atoms with Crippen LogP contribution >= 0.6 is 0 Å². The van der Waals surface area contributed by atoms with Crippen LogP contribution < -0.4 is 35.8 Å². The summed E-state index contributed by atoms with van der Waals surface area (Å²) in [5.74, 6) is -2.67. The first kappa shape index (κ1) is 39.9. The summed E-state index contributed by atoms with van der Waals surface area (Å²) in [6.45, 7) is 9.23. The monoisotopic (exact) mass is 808 g/mol. The number of aliphatic imine (C=N–C) groups is 1. The topological polar surface area (TPSA) is 158 Å². The summed E-state index contributed by atoms with van der Waals surface area (Å²) in [6, 6.07) is 12.4. The van der Waals surface area contributed by atoms with Gasteiger partial charge in [-0.1, -0.05) is 6.92 Å². The highest BCUT2D eigenvalue weighted by Gasteiger charge is 2.34. The second-order valence-electron chi connectivity index (χ2n) is 16.1. The highest BCUT2D eigenvalue weighted by molar-refractivity contribution is 6.19. The van der Waals surface area contributed by atoms with E-state index in [4.69, 9.17) is 4.74 Å². The molecule has 59 heavy (non-hydrogen) atoms.